The van der Waals surface area contributed by atoms with Crippen molar-refractivity contribution in [2.75, 3.05) is 13.1 Å². The number of fused-ring (bicyclic) bond motifs is 2. The van der Waals surface area contributed by atoms with Gasteiger partial charge < -0.3 is 21.1 Å². The van der Waals surface area contributed by atoms with Gasteiger partial charge in [-0.2, -0.15) is 0 Å². The molecule has 9 nitrogen and oxygen atoms in total. The van der Waals surface area contributed by atoms with E-state index in [1.54, 1.807) is 16.2 Å². The van der Waals surface area contributed by atoms with Crippen molar-refractivity contribution in [3.63, 3.8) is 0 Å². The number of rotatable bonds is 5. The van der Waals surface area contributed by atoms with E-state index in [0.29, 0.717) is 25.2 Å². The Labute approximate surface area is 202 Å². The van der Waals surface area contributed by atoms with E-state index in [2.05, 4.69) is 0 Å². The van der Waals surface area contributed by atoms with Crippen LogP contribution in [0.5, 0.6) is 5.75 Å². The zero-order valence-corrected chi connectivity index (χ0v) is 19.6. The van der Waals surface area contributed by atoms with Crippen LogP contribution in [0.25, 0.3) is 21.8 Å². The maximum atomic E-state index is 13.1. The van der Waals surface area contributed by atoms with E-state index in [0.717, 1.165) is 46.0 Å². The number of aromatic nitrogens is 2. The molecule has 0 aliphatic carbocycles. The van der Waals surface area contributed by atoms with Gasteiger partial charge in [0.1, 0.15) is 17.7 Å². The summed E-state index contributed by atoms with van der Waals surface area (Å²) >= 11 is 0. The molecule has 0 saturated carbocycles. The smallest absolute Gasteiger partial charge is 0.329 e. The number of nitrogen functional groups attached to an aromatic ring is 1. The van der Waals surface area contributed by atoms with Gasteiger partial charge in [-0.05, 0) is 40.6 Å². The van der Waals surface area contributed by atoms with Gasteiger partial charge in [0, 0.05) is 44.6 Å². The molecule has 35 heavy (non-hydrogen) atoms. The minimum absolute atomic E-state index is 0.0297. The molecule has 0 amide bonds. The summed E-state index contributed by atoms with van der Waals surface area (Å²) in [4.78, 5) is 15.0. The second kappa shape index (κ2) is 8.83. The van der Waals surface area contributed by atoms with Crippen LogP contribution in [0.4, 0.5) is 0 Å². The summed E-state index contributed by atoms with van der Waals surface area (Å²) in [6.45, 7) is 1.81. The summed E-state index contributed by atoms with van der Waals surface area (Å²) in [6, 6.07) is 17.5. The Balaban J connectivity index is 1.44. The van der Waals surface area contributed by atoms with Crippen molar-refractivity contribution < 1.29 is 4.74 Å². The third-order valence-electron chi connectivity index (χ3n) is 6.76. The molecule has 5 rings (SSSR count). The van der Waals surface area contributed by atoms with E-state index < -0.39 is 0 Å². The van der Waals surface area contributed by atoms with Crippen LogP contribution < -0.4 is 21.9 Å². The maximum Gasteiger partial charge on any atom is 0.329 e. The number of ether oxygens (including phenoxy) is 1. The van der Waals surface area contributed by atoms with Gasteiger partial charge in [-0.3, -0.25) is 20.0 Å². The lowest BCUT2D eigenvalue weighted by Crippen LogP contribution is -2.44. The first-order chi connectivity index (χ1) is 16.8. The van der Waals surface area contributed by atoms with Crippen LogP contribution in [-0.4, -0.2) is 45.0 Å². The third kappa shape index (κ3) is 4.32. The van der Waals surface area contributed by atoms with E-state index in [4.69, 9.17) is 27.0 Å². The van der Waals surface area contributed by atoms with Gasteiger partial charge in [0.05, 0.1) is 17.6 Å². The minimum Gasteiger partial charge on any atom is -0.490 e. The summed E-state index contributed by atoms with van der Waals surface area (Å²) < 4.78 is 9.66. The normalized spacial score (nSPS) is 14.5. The highest BCUT2D eigenvalue weighted by Crippen LogP contribution is 2.25. The lowest BCUT2D eigenvalue weighted by atomic mass is 10.0. The van der Waals surface area contributed by atoms with Gasteiger partial charge in [-0.1, -0.05) is 24.3 Å². The number of imidazole rings is 1. The number of aryl methyl sites for hydroxylation is 1. The molecule has 1 saturated heterocycles. The van der Waals surface area contributed by atoms with Crippen LogP contribution in [0.1, 0.15) is 24.0 Å². The van der Waals surface area contributed by atoms with Gasteiger partial charge in [0.15, 0.2) is 5.96 Å². The number of nitrogens with two attached hydrogens (primary N) is 2. The summed E-state index contributed by atoms with van der Waals surface area (Å²) in [5.74, 6) is 0.856. The van der Waals surface area contributed by atoms with Gasteiger partial charge in [-0.15, -0.1) is 0 Å². The molecule has 0 unspecified atom stereocenters. The highest BCUT2D eigenvalue weighted by molar-refractivity contribution is 5.99. The Kier molecular flexibility index (Phi) is 5.68. The van der Waals surface area contributed by atoms with Crippen LogP contribution in [0.2, 0.25) is 0 Å². The number of nitrogens with zero attached hydrogens (tertiary/aromatic N) is 3. The fourth-order valence-corrected chi connectivity index (χ4v) is 4.77. The molecule has 9 heteroatoms. The summed E-state index contributed by atoms with van der Waals surface area (Å²) in [6.07, 6.45) is 1.62. The molecule has 0 atom stereocenters. The average molecular weight is 472 g/mol. The predicted octanol–water partition coefficient (Wildman–Crippen LogP) is 2.56. The monoisotopic (exact) mass is 471 g/mol. The van der Waals surface area contributed by atoms with Crippen molar-refractivity contribution >= 4 is 33.6 Å². The Hall–Kier alpha value is -4.27. The molecule has 1 aromatic heterocycles. The molecule has 0 bridgehead atoms. The molecule has 1 aliphatic heterocycles. The number of piperidine rings is 1. The standard InChI is InChI=1S/C26H29N7O2/c1-31-22-7-6-21(35-20-8-10-32(11-9-20)25(29)30)14-23(22)33(26(31)34)15-16-2-3-17-4-5-18(24(27)28)13-19(17)12-16/h2-7,12-14,20H,8-11,15H2,1H3,(H3,27,28)(H3,29,30). The highest BCUT2D eigenvalue weighted by Gasteiger charge is 2.22. The fraction of sp³-hybridized carbons (Fsp3) is 0.269. The zero-order valence-electron chi connectivity index (χ0n) is 19.6. The second-order valence-corrected chi connectivity index (χ2v) is 9.08. The van der Waals surface area contributed by atoms with Crippen LogP contribution in [0.15, 0.2) is 59.4 Å². The lowest BCUT2D eigenvalue weighted by Gasteiger charge is -2.32. The second-order valence-electron chi connectivity index (χ2n) is 9.08. The van der Waals surface area contributed by atoms with Crippen molar-refractivity contribution in [3.05, 3.63) is 76.2 Å². The summed E-state index contributed by atoms with van der Waals surface area (Å²) in [5, 5.41) is 17.3. The molecule has 6 N–H and O–H groups in total. The zero-order chi connectivity index (χ0) is 24.7. The molecule has 1 aliphatic rings. The quantitative estimate of drug-likeness (QED) is 0.262. The van der Waals surface area contributed by atoms with Crippen LogP contribution >= 0.6 is 0 Å². The first-order valence-corrected chi connectivity index (χ1v) is 11.6. The van der Waals surface area contributed by atoms with E-state index in [9.17, 15) is 4.79 Å². The molecule has 180 valence electrons. The third-order valence-corrected chi connectivity index (χ3v) is 6.76. The van der Waals surface area contributed by atoms with E-state index >= 15 is 0 Å². The van der Waals surface area contributed by atoms with Gasteiger partial charge in [-0.25, -0.2) is 4.79 Å². The Morgan fingerprint density at radius 3 is 2.43 bits per heavy atom. The maximum absolute atomic E-state index is 13.1. The molecule has 0 radical (unpaired) electrons. The van der Waals surface area contributed by atoms with E-state index in [-0.39, 0.29) is 23.6 Å². The fourth-order valence-electron chi connectivity index (χ4n) is 4.77. The topological polar surface area (TPSA) is 139 Å². The minimum atomic E-state index is -0.0931. The van der Waals surface area contributed by atoms with Gasteiger partial charge in [0.2, 0.25) is 0 Å². The Morgan fingerprint density at radius 1 is 0.971 bits per heavy atom. The molecule has 3 aromatic carbocycles. The number of amidine groups is 1. The van der Waals surface area contributed by atoms with Crippen molar-refractivity contribution in [2.45, 2.75) is 25.5 Å². The number of hydrogen-bond acceptors (Lipinski definition) is 4. The SMILES string of the molecule is Cn1c(=O)n(Cc2ccc3ccc(C(=N)N)cc3c2)c2cc(OC3CCN(C(=N)N)CC3)ccc21. The molecular weight excluding hydrogens is 442 g/mol. The van der Waals surface area contributed by atoms with Crippen molar-refractivity contribution in [1.82, 2.24) is 14.0 Å². The van der Waals surface area contributed by atoms with Gasteiger partial charge in [0.25, 0.3) is 0 Å². The molecule has 4 aromatic rings. The first-order valence-electron chi connectivity index (χ1n) is 11.6. The van der Waals surface area contributed by atoms with Crippen molar-refractivity contribution in [3.8, 4) is 5.75 Å². The predicted molar refractivity (Wildman–Crippen MR) is 138 cm³/mol. The number of guanidine groups is 1. The van der Waals surface area contributed by atoms with Crippen molar-refractivity contribution in [1.29, 1.82) is 10.8 Å². The largest absolute Gasteiger partial charge is 0.490 e. The first kappa shape index (κ1) is 22.5. The van der Waals surface area contributed by atoms with Crippen LogP contribution in [0.3, 0.4) is 0 Å². The lowest BCUT2D eigenvalue weighted by molar-refractivity contribution is 0.130. The Bertz CT molecular complexity index is 1510. The van der Waals surface area contributed by atoms with Crippen molar-refractivity contribution in [2.24, 2.45) is 18.5 Å². The molecule has 0 spiro atoms. The number of nitrogens with one attached hydrogen (secondary N) is 2. The Morgan fingerprint density at radius 2 is 1.71 bits per heavy atom. The molecule has 1 fully saturated rings. The number of hydrogen-bond donors (Lipinski definition) is 4. The number of benzene rings is 3. The van der Waals surface area contributed by atoms with Gasteiger partial charge >= 0.3 is 5.69 Å². The summed E-state index contributed by atoms with van der Waals surface area (Å²) in [7, 11) is 1.78. The summed E-state index contributed by atoms with van der Waals surface area (Å²) in [5.41, 5.74) is 14.5. The van der Waals surface area contributed by atoms with E-state index in [1.165, 1.54) is 0 Å². The molecular formula is C26H29N7O2. The average Bonchev–Trinajstić information content (AvgIpc) is 3.08. The molecule has 2 heterocycles. The number of likely N-dealkylation sites (tertiary alicyclic amines) is 1. The highest BCUT2D eigenvalue weighted by atomic mass is 16.5. The van der Waals surface area contributed by atoms with Crippen LogP contribution in [0, 0.1) is 10.8 Å². The van der Waals surface area contributed by atoms with E-state index in [1.807, 2.05) is 59.5 Å². The van der Waals surface area contributed by atoms with Crippen LogP contribution in [-0.2, 0) is 13.6 Å².